The Morgan fingerprint density at radius 3 is 3.05 bits per heavy atom. The van der Waals surface area contributed by atoms with E-state index in [2.05, 4.69) is 56.2 Å². The number of aromatic amines is 1. The van der Waals surface area contributed by atoms with Gasteiger partial charge in [-0.3, -0.25) is 0 Å². The van der Waals surface area contributed by atoms with Crippen LogP contribution in [0.15, 0.2) is 41.0 Å². The lowest BCUT2D eigenvalue weighted by molar-refractivity contribution is 0.655. The van der Waals surface area contributed by atoms with E-state index in [0.29, 0.717) is 11.8 Å². The second-order valence-corrected chi connectivity index (χ2v) is 7.02. The molecule has 1 saturated carbocycles. The molecule has 0 radical (unpaired) electrons. The Balaban J connectivity index is 1.57. The minimum Gasteiger partial charge on any atom is -0.340 e. The van der Waals surface area contributed by atoms with Gasteiger partial charge in [-0.15, -0.1) is 0 Å². The zero-order chi connectivity index (χ0) is 14.0. The minimum atomic E-state index is 0.543. The van der Waals surface area contributed by atoms with E-state index in [9.17, 15) is 0 Å². The highest BCUT2D eigenvalue weighted by atomic mass is 79.9. The fraction of sp³-hybridized carbons (Fsp3) is 0.294. The van der Waals surface area contributed by atoms with Crippen molar-refractivity contribution >= 4 is 27.1 Å². The van der Waals surface area contributed by atoms with Gasteiger partial charge in [0.2, 0.25) is 0 Å². The molecule has 2 heterocycles. The van der Waals surface area contributed by atoms with Crippen molar-refractivity contribution in [2.24, 2.45) is 5.92 Å². The molecule has 3 unspecified atom stereocenters. The fourth-order valence-corrected chi connectivity index (χ4v) is 4.32. The van der Waals surface area contributed by atoms with Gasteiger partial charge in [-0.1, -0.05) is 24.3 Å². The molecule has 21 heavy (non-hydrogen) atoms. The monoisotopic (exact) mass is 339 g/mol. The molecular formula is C17H14BrN3. The molecule has 1 aromatic carbocycles. The Kier molecular flexibility index (Phi) is 2.37. The quantitative estimate of drug-likeness (QED) is 0.723. The highest BCUT2D eigenvalue weighted by molar-refractivity contribution is 9.10. The van der Waals surface area contributed by atoms with E-state index >= 15 is 0 Å². The first-order valence-corrected chi connectivity index (χ1v) is 8.19. The van der Waals surface area contributed by atoms with E-state index in [1.807, 2.05) is 6.20 Å². The largest absolute Gasteiger partial charge is 0.340 e. The summed E-state index contributed by atoms with van der Waals surface area (Å²) >= 11 is 3.47. The van der Waals surface area contributed by atoms with Gasteiger partial charge in [-0.2, -0.15) is 0 Å². The number of nitrogens with one attached hydrogen (secondary N) is 1. The van der Waals surface area contributed by atoms with Crippen LogP contribution in [0.3, 0.4) is 0 Å². The lowest BCUT2D eigenvalue weighted by Crippen LogP contribution is -2.00. The summed E-state index contributed by atoms with van der Waals surface area (Å²) in [6, 6.07) is 10.9. The average Bonchev–Trinajstić information content (AvgIpc) is 3.11. The summed E-state index contributed by atoms with van der Waals surface area (Å²) in [6.07, 6.45) is 4.29. The number of aromatic nitrogens is 3. The first-order chi connectivity index (χ1) is 10.3. The summed E-state index contributed by atoms with van der Waals surface area (Å²) < 4.78 is 0.990. The predicted molar refractivity (Wildman–Crippen MR) is 85.3 cm³/mol. The van der Waals surface area contributed by atoms with E-state index in [4.69, 9.17) is 4.98 Å². The second-order valence-electron chi connectivity index (χ2n) is 6.10. The lowest BCUT2D eigenvalue weighted by Gasteiger charge is -2.13. The van der Waals surface area contributed by atoms with Crippen LogP contribution in [0.5, 0.6) is 0 Å². The molecule has 1 fully saturated rings. The molecular weight excluding hydrogens is 326 g/mol. The van der Waals surface area contributed by atoms with Gasteiger partial charge in [0.15, 0.2) is 5.65 Å². The summed E-state index contributed by atoms with van der Waals surface area (Å²) in [6.45, 7) is 0. The molecule has 4 heteroatoms. The molecule has 0 amide bonds. The zero-order valence-corrected chi connectivity index (χ0v) is 13.0. The molecule has 0 spiro atoms. The summed E-state index contributed by atoms with van der Waals surface area (Å²) in [5.74, 6) is 3.06. The SMILES string of the molecule is Brc1cnc2nc(C3C4CCc5ccccc5C43)[nH]c2c1. The molecule has 2 aliphatic rings. The Hall–Kier alpha value is -1.68. The highest BCUT2D eigenvalue weighted by Crippen LogP contribution is 2.64. The summed E-state index contributed by atoms with van der Waals surface area (Å²) in [7, 11) is 0. The number of fused-ring (bicyclic) bond motifs is 4. The van der Waals surface area contributed by atoms with Crippen LogP contribution in [0.4, 0.5) is 0 Å². The average molecular weight is 340 g/mol. The number of halogens is 1. The van der Waals surface area contributed by atoms with Crippen LogP contribution in [-0.4, -0.2) is 15.0 Å². The number of benzene rings is 1. The summed E-state index contributed by atoms with van der Waals surface area (Å²) in [4.78, 5) is 12.6. The van der Waals surface area contributed by atoms with Gasteiger partial charge in [0, 0.05) is 16.6 Å². The Labute approximate surface area is 130 Å². The molecule has 3 aromatic rings. The fourth-order valence-electron chi connectivity index (χ4n) is 3.99. The smallest absolute Gasteiger partial charge is 0.177 e. The molecule has 104 valence electrons. The first-order valence-electron chi connectivity index (χ1n) is 7.40. The first kappa shape index (κ1) is 11.9. The van der Waals surface area contributed by atoms with Crippen molar-refractivity contribution in [2.75, 3.05) is 0 Å². The number of pyridine rings is 1. The Morgan fingerprint density at radius 2 is 2.10 bits per heavy atom. The van der Waals surface area contributed by atoms with E-state index < -0.39 is 0 Å². The van der Waals surface area contributed by atoms with Crippen LogP contribution in [0.25, 0.3) is 11.2 Å². The lowest BCUT2D eigenvalue weighted by atomic mass is 9.92. The number of rotatable bonds is 1. The van der Waals surface area contributed by atoms with Crippen LogP contribution in [0.1, 0.15) is 35.2 Å². The normalized spacial score (nSPS) is 26.4. The van der Waals surface area contributed by atoms with Gasteiger partial charge in [0.05, 0.1) is 5.52 Å². The number of hydrogen-bond donors (Lipinski definition) is 1. The number of imidazole rings is 1. The molecule has 1 N–H and O–H groups in total. The molecule has 3 nitrogen and oxygen atoms in total. The van der Waals surface area contributed by atoms with Crippen molar-refractivity contribution in [3.8, 4) is 0 Å². The molecule has 0 bridgehead atoms. The van der Waals surface area contributed by atoms with Gasteiger partial charge >= 0.3 is 0 Å². The van der Waals surface area contributed by atoms with Crippen LogP contribution >= 0.6 is 15.9 Å². The van der Waals surface area contributed by atoms with Crippen LogP contribution in [-0.2, 0) is 6.42 Å². The Bertz CT molecular complexity index is 854. The molecule has 0 saturated heterocycles. The Morgan fingerprint density at radius 1 is 1.19 bits per heavy atom. The van der Waals surface area contributed by atoms with Crippen molar-refractivity contribution < 1.29 is 0 Å². The number of nitrogens with zero attached hydrogens (tertiary/aromatic N) is 2. The summed E-state index contributed by atoms with van der Waals surface area (Å²) in [5, 5.41) is 0. The van der Waals surface area contributed by atoms with E-state index in [0.717, 1.165) is 27.4 Å². The van der Waals surface area contributed by atoms with Gasteiger partial charge in [-0.05, 0) is 57.8 Å². The minimum absolute atomic E-state index is 0.543. The van der Waals surface area contributed by atoms with Crippen molar-refractivity contribution in [1.29, 1.82) is 0 Å². The molecule has 2 aromatic heterocycles. The molecule has 0 aliphatic heterocycles. The van der Waals surface area contributed by atoms with Crippen molar-refractivity contribution in [3.05, 3.63) is 58.0 Å². The van der Waals surface area contributed by atoms with Gasteiger partial charge in [0.25, 0.3) is 0 Å². The topological polar surface area (TPSA) is 41.6 Å². The van der Waals surface area contributed by atoms with Crippen molar-refractivity contribution in [1.82, 2.24) is 15.0 Å². The standard InChI is InChI=1S/C17H14BrN3/c18-10-7-13-16(19-8-10)21-17(20-13)15-12-6-5-9-3-1-2-4-11(9)14(12)15/h1-4,7-8,12,14-15H,5-6H2,(H,19,20,21). The summed E-state index contributed by atoms with van der Waals surface area (Å²) in [5.41, 5.74) is 4.91. The molecule has 3 atom stereocenters. The van der Waals surface area contributed by atoms with Crippen LogP contribution < -0.4 is 0 Å². The predicted octanol–water partition coefficient (Wildman–Crippen LogP) is 4.16. The van der Waals surface area contributed by atoms with Gasteiger partial charge < -0.3 is 4.98 Å². The third-order valence-electron chi connectivity index (χ3n) is 4.97. The maximum absolute atomic E-state index is 4.73. The van der Waals surface area contributed by atoms with Crippen molar-refractivity contribution in [2.45, 2.75) is 24.7 Å². The molecule has 5 rings (SSSR count). The third kappa shape index (κ3) is 1.72. The van der Waals surface area contributed by atoms with Gasteiger partial charge in [-0.25, -0.2) is 9.97 Å². The van der Waals surface area contributed by atoms with Crippen LogP contribution in [0.2, 0.25) is 0 Å². The highest BCUT2D eigenvalue weighted by Gasteiger charge is 2.55. The van der Waals surface area contributed by atoms with Crippen LogP contribution in [0, 0.1) is 5.92 Å². The van der Waals surface area contributed by atoms with Gasteiger partial charge in [0.1, 0.15) is 5.82 Å². The number of aryl methyl sites for hydroxylation is 1. The number of hydrogen-bond acceptors (Lipinski definition) is 2. The maximum atomic E-state index is 4.73. The van der Waals surface area contributed by atoms with E-state index in [1.54, 1.807) is 0 Å². The van der Waals surface area contributed by atoms with E-state index in [1.165, 1.54) is 24.0 Å². The van der Waals surface area contributed by atoms with E-state index in [-0.39, 0.29) is 0 Å². The zero-order valence-electron chi connectivity index (χ0n) is 11.4. The second kappa shape index (κ2) is 4.17. The maximum Gasteiger partial charge on any atom is 0.177 e. The number of H-pyrrole nitrogens is 1. The molecule has 2 aliphatic carbocycles. The third-order valence-corrected chi connectivity index (χ3v) is 5.40. The van der Waals surface area contributed by atoms with Crippen molar-refractivity contribution in [3.63, 3.8) is 0 Å².